The van der Waals surface area contributed by atoms with Gasteiger partial charge in [0.15, 0.2) is 5.13 Å². The van der Waals surface area contributed by atoms with Crippen molar-refractivity contribution >= 4 is 33.4 Å². The van der Waals surface area contributed by atoms with E-state index in [2.05, 4.69) is 10.3 Å². The van der Waals surface area contributed by atoms with Gasteiger partial charge in [0.1, 0.15) is 29.3 Å². The van der Waals surface area contributed by atoms with Crippen LogP contribution in [0.4, 0.5) is 27.1 Å². The van der Waals surface area contributed by atoms with Crippen LogP contribution < -0.4 is 16.6 Å². The standard InChI is InChI=1S/C20H14F5N5O3S/c1-28-12-5-6-30(16(12)17(32)29(2)19(28)33)7-13(31)27-18-26-11(8-34-18)9-3-4-10(21)14(15(9)22)20(23,24)25/h3-6,8H,7H2,1-2H3,(H,26,27,31). The summed E-state index contributed by atoms with van der Waals surface area (Å²) in [6.45, 7) is -0.338. The molecule has 3 aromatic heterocycles. The number of aryl methyl sites for hydroxylation is 1. The van der Waals surface area contributed by atoms with Crippen molar-refractivity contribution in [3.63, 3.8) is 0 Å². The van der Waals surface area contributed by atoms with E-state index in [0.29, 0.717) is 11.6 Å². The highest BCUT2D eigenvalue weighted by molar-refractivity contribution is 7.14. The lowest BCUT2D eigenvalue weighted by Crippen LogP contribution is -2.37. The number of nitrogens with zero attached hydrogens (tertiary/aromatic N) is 4. The first kappa shape index (κ1) is 23.4. The van der Waals surface area contributed by atoms with Gasteiger partial charge in [0.05, 0.1) is 11.2 Å². The van der Waals surface area contributed by atoms with Gasteiger partial charge in [0, 0.05) is 31.2 Å². The maximum atomic E-state index is 14.4. The molecule has 14 heteroatoms. The molecule has 1 amide bonds. The van der Waals surface area contributed by atoms with Gasteiger partial charge >= 0.3 is 11.9 Å². The fourth-order valence-corrected chi connectivity index (χ4v) is 4.18. The number of anilines is 1. The molecule has 1 N–H and O–H groups in total. The zero-order valence-corrected chi connectivity index (χ0v) is 18.2. The summed E-state index contributed by atoms with van der Waals surface area (Å²) < 4.78 is 70.3. The lowest BCUT2D eigenvalue weighted by atomic mass is 10.1. The van der Waals surface area contributed by atoms with Crippen LogP contribution in [0.2, 0.25) is 0 Å². The number of thiazole rings is 1. The molecule has 0 aliphatic carbocycles. The topological polar surface area (TPSA) is 90.9 Å². The van der Waals surface area contributed by atoms with E-state index in [-0.39, 0.29) is 22.9 Å². The Morgan fingerprint density at radius 3 is 2.50 bits per heavy atom. The number of fused-ring (bicyclic) bond motifs is 1. The van der Waals surface area contributed by atoms with Gasteiger partial charge in [0.25, 0.3) is 5.56 Å². The number of aromatic nitrogens is 4. The summed E-state index contributed by atoms with van der Waals surface area (Å²) >= 11 is 0.820. The second kappa shape index (κ2) is 8.20. The van der Waals surface area contributed by atoms with Crippen LogP contribution in [0.25, 0.3) is 22.3 Å². The molecule has 0 bridgehead atoms. The highest BCUT2D eigenvalue weighted by Crippen LogP contribution is 2.38. The predicted octanol–water partition coefficient (Wildman–Crippen LogP) is 3.10. The Morgan fingerprint density at radius 2 is 1.82 bits per heavy atom. The average molecular weight is 499 g/mol. The third-order valence-electron chi connectivity index (χ3n) is 5.10. The third kappa shape index (κ3) is 3.89. The molecule has 178 valence electrons. The first-order valence-electron chi connectivity index (χ1n) is 9.46. The Morgan fingerprint density at radius 1 is 1.12 bits per heavy atom. The van der Waals surface area contributed by atoms with E-state index in [4.69, 9.17) is 0 Å². The molecule has 4 rings (SSSR count). The van der Waals surface area contributed by atoms with Gasteiger partial charge in [-0.25, -0.2) is 18.6 Å². The second-order valence-corrected chi connectivity index (χ2v) is 8.11. The number of halogens is 5. The average Bonchev–Trinajstić information content (AvgIpc) is 3.37. The van der Waals surface area contributed by atoms with Crippen molar-refractivity contribution in [1.82, 2.24) is 18.7 Å². The normalized spacial score (nSPS) is 11.9. The van der Waals surface area contributed by atoms with Crippen LogP contribution in [0.15, 0.2) is 39.4 Å². The monoisotopic (exact) mass is 499 g/mol. The summed E-state index contributed by atoms with van der Waals surface area (Å²) in [5.41, 5.74) is -3.52. The largest absolute Gasteiger partial charge is 0.422 e. The third-order valence-corrected chi connectivity index (χ3v) is 5.86. The van der Waals surface area contributed by atoms with E-state index >= 15 is 0 Å². The van der Waals surface area contributed by atoms with E-state index in [0.717, 1.165) is 22.0 Å². The van der Waals surface area contributed by atoms with Gasteiger partial charge in [-0.3, -0.25) is 18.7 Å². The van der Waals surface area contributed by atoms with E-state index in [9.17, 15) is 36.3 Å². The molecule has 0 saturated heterocycles. The minimum atomic E-state index is -5.24. The number of amides is 1. The van der Waals surface area contributed by atoms with Gasteiger partial charge in [-0.2, -0.15) is 13.2 Å². The molecule has 0 radical (unpaired) electrons. The molecule has 0 aliphatic rings. The summed E-state index contributed by atoms with van der Waals surface area (Å²) in [5, 5.41) is 3.59. The number of carbonyl (C=O) groups is 1. The number of nitrogens with one attached hydrogen (secondary N) is 1. The summed E-state index contributed by atoms with van der Waals surface area (Å²) in [6, 6.07) is 2.82. The van der Waals surface area contributed by atoms with Crippen LogP contribution in [0.5, 0.6) is 0 Å². The Hall–Kier alpha value is -3.81. The van der Waals surface area contributed by atoms with Crippen LogP contribution in [0, 0.1) is 11.6 Å². The highest BCUT2D eigenvalue weighted by Gasteiger charge is 2.39. The molecule has 1 aromatic carbocycles. The molecule has 0 saturated carbocycles. The Kier molecular flexibility index (Phi) is 5.63. The van der Waals surface area contributed by atoms with Crippen molar-refractivity contribution in [3.05, 3.63) is 67.8 Å². The second-order valence-electron chi connectivity index (χ2n) is 7.25. The molecular formula is C20H14F5N5O3S. The number of hydrogen-bond donors (Lipinski definition) is 1. The molecule has 4 aromatic rings. The quantitative estimate of drug-likeness (QED) is 0.437. The van der Waals surface area contributed by atoms with Crippen LogP contribution in [-0.2, 0) is 31.6 Å². The number of rotatable bonds is 4. The van der Waals surface area contributed by atoms with Gasteiger partial charge < -0.3 is 9.88 Å². The Labute approximate surface area is 190 Å². The van der Waals surface area contributed by atoms with Crippen molar-refractivity contribution in [1.29, 1.82) is 0 Å². The van der Waals surface area contributed by atoms with Crippen LogP contribution in [0.3, 0.4) is 0 Å². The fraction of sp³-hybridized carbons (Fsp3) is 0.200. The number of hydrogen-bond acceptors (Lipinski definition) is 5. The van der Waals surface area contributed by atoms with Gasteiger partial charge in [-0.15, -0.1) is 11.3 Å². The lowest BCUT2D eigenvalue weighted by Gasteiger charge is -2.11. The smallest absolute Gasteiger partial charge is 0.332 e. The van der Waals surface area contributed by atoms with Crippen molar-refractivity contribution in [2.75, 3.05) is 5.32 Å². The van der Waals surface area contributed by atoms with Crippen LogP contribution in [-0.4, -0.2) is 24.6 Å². The Balaban J connectivity index is 1.59. The van der Waals surface area contributed by atoms with Gasteiger partial charge in [-0.05, 0) is 18.2 Å². The number of benzene rings is 1. The molecule has 3 heterocycles. The lowest BCUT2D eigenvalue weighted by molar-refractivity contribution is -0.142. The molecule has 8 nitrogen and oxygen atoms in total. The van der Waals surface area contributed by atoms with Crippen LogP contribution in [0.1, 0.15) is 5.56 Å². The van der Waals surface area contributed by atoms with Crippen molar-refractivity contribution in [3.8, 4) is 11.3 Å². The zero-order chi connectivity index (χ0) is 24.9. The molecule has 34 heavy (non-hydrogen) atoms. The van der Waals surface area contributed by atoms with Crippen LogP contribution >= 0.6 is 11.3 Å². The summed E-state index contributed by atoms with van der Waals surface area (Å²) in [5.74, 6) is -4.19. The van der Waals surface area contributed by atoms with E-state index in [1.807, 2.05) is 0 Å². The molecule has 0 fully saturated rings. The first-order valence-corrected chi connectivity index (χ1v) is 10.3. The summed E-state index contributed by atoms with van der Waals surface area (Å²) in [4.78, 5) is 40.9. The SMILES string of the molecule is Cn1c(=O)c2c(ccn2CC(=O)Nc2nc(-c3ccc(F)c(C(F)(F)F)c3F)cs2)n(C)c1=O. The number of alkyl halides is 3. The number of carbonyl (C=O) groups excluding carboxylic acids is 1. The van der Waals surface area contributed by atoms with E-state index in [1.165, 1.54) is 40.9 Å². The maximum Gasteiger partial charge on any atom is 0.422 e. The molecule has 0 spiro atoms. The molecule has 0 atom stereocenters. The zero-order valence-electron chi connectivity index (χ0n) is 17.4. The fourth-order valence-electron chi connectivity index (χ4n) is 3.45. The van der Waals surface area contributed by atoms with Crippen molar-refractivity contribution < 1.29 is 26.7 Å². The maximum absolute atomic E-state index is 14.4. The Bertz CT molecular complexity index is 1560. The van der Waals surface area contributed by atoms with E-state index < -0.39 is 46.1 Å². The van der Waals surface area contributed by atoms with Crippen molar-refractivity contribution in [2.24, 2.45) is 14.1 Å². The minimum absolute atomic E-state index is 0.0472. The summed E-state index contributed by atoms with van der Waals surface area (Å²) in [7, 11) is 2.78. The first-order chi connectivity index (χ1) is 15.9. The summed E-state index contributed by atoms with van der Waals surface area (Å²) in [6.07, 6.45) is -3.79. The predicted molar refractivity (Wildman–Crippen MR) is 114 cm³/mol. The van der Waals surface area contributed by atoms with Gasteiger partial charge in [-0.1, -0.05) is 0 Å². The molecule has 0 aliphatic heterocycles. The highest BCUT2D eigenvalue weighted by atomic mass is 32.1. The van der Waals surface area contributed by atoms with E-state index in [1.54, 1.807) is 0 Å². The van der Waals surface area contributed by atoms with Gasteiger partial charge in [0.2, 0.25) is 5.91 Å². The van der Waals surface area contributed by atoms with Crippen molar-refractivity contribution in [2.45, 2.75) is 12.7 Å². The molecule has 0 unspecified atom stereocenters. The minimum Gasteiger partial charge on any atom is -0.332 e. The molecular weight excluding hydrogens is 485 g/mol.